The average molecular weight is 546 g/mol. The Morgan fingerprint density at radius 1 is 1.19 bits per heavy atom. The van der Waals surface area contributed by atoms with Gasteiger partial charge in [-0.1, -0.05) is 13.8 Å². The molecular formula is C24H34F3N5O4S. The highest BCUT2D eigenvalue weighted by molar-refractivity contribution is 7.90. The summed E-state index contributed by atoms with van der Waals surface area (Å²) in [5, 5.41) is 2.94. The number of imidazole rings is 1. The predicted molar refractivity (Wildman–Crippen MR) is 133 cm³/mol. The van der Waals surface area contributed by atoms with E-state index >= 15 is 0 Å². The van der Waals surface area contributed by atoms with E-state index in [1.807, 2.05) is 0 Å². The van der Waals surface area contributed by atoms with Crippen LogP contribution in [0.5, 0.6) is 0 Å². The summed E-state index contributed by atoms with van der Waals surface area (Å²) in [4.78, 5) is 15.8. The lowest BCUT2D eigenvalue weighted by Gasteiger charge is -2.34. The van der Waals surface area contributed by atoms with E-state index in [4.69, 9.17) is 4.74 Å². The Morgan fingerprint density at radius 3 is 2.43 bits per heavy atom. The third-order valence-corrected chi connectivity index (χ3v) is 9.05. The minimum atomic E-state index is -4.64. The molecule has 0 atom stereocenters. The molecule has 0 aliphatic carbocycles. The molecule has 2 saturated heterocycles. The predicted octanol–water partition coefficient (Wildman–Crippen LogP) is 3.40. The number of carbonyl (C=O) groups excluding carboxylic acids is 1. The Balaban J connectivity index is 1.54. The van der Waals surface area contributed by atoms with Gasteiger partial charge in [-0.2, -0.15) is 25.9 Å². The van der Waals surface area contributed by atoms with Crippen LogP contribution in [0.2, 0.25) is 0 Å². The summed E-state index contributed by atoms with van der Waals surface area (Å²) in [7, 11) is -2.54. The second-order valence-electron chi connectivity index (χ2n) is 10.1. The molecule has 2 aliphatic heterocycles. The van der Waals surface area contributed by atoms with Gasteiger partial charge in [0.25, 0.3) is 0 Å². The van der Waals surface area contributed by atoms with Gasteiger partial charge in [0.1, 0.15) is 0 Å². The molecule has 4 rings (SSSR count). The fourth-order valence-corrected chi connectivity index (χ4v) is 6.21. The van der Waals surface area contributed by atoms with E-state index in [-0.39, 0.29) is 54.6 Å². The molecule has 13 heteroatoms. The molecule has 1 N–H and O–H groups in total. The maximum absolute atomic E-state index is 13.8. The number of carbonyl (C=O) groups is 1. The van der Waals surface area contributed by atoms with Crippen molar-refractivity contribution in [3.63, 3.8) is 0 Å². The van der Waals surface area contributed by atoms with Crippen LogP contribution in [0.25, 0.3) is 11.0 Å². The standard InChI is InChI=1S/C24H34F3N5O4S/c1-16(2)22(33)28-18-6-10-31(11-7-18)37(34,35)30(3)19-4-5-21-20(14-19)29-23(24(25,26)27)32(21)15-17-8-12-36-13-9-17/h4-5,14,16-18H,6-13,15H2,1-3H3,(H,28,33). The number of fused-ring (bicyclic) bond motifs is 1. The molecule has 3 heterocycles. The monoisotopic (exact) mass is 545 g/mol. The van der Waals surface area contributed by atoms with E-state index in [0.29, 0.717) is 44.4 Å². The van der Waals surface area contributed by atoms with Gasteiger partial charge in [0.15, 0.2) is 0 Å². The quantitative estimate of drug-likeness (QED) is 0.576. The van der Waals surface area contributed by atoms with E-state index in [2.05, 4.69) is 10.3 Å². The smallest absolute Gasteiger partial charge is 0.381 e. The van der Waals surface area contributed by atoms with E-state index in [1.54, 1.807) is 13.8 Å². The molecule has 1 aromatic carbocycles. The molecule has 9 nitrogen and oxygen atoms in total. The second-order valence-corrected chi connectivity index (χ2v) is 12.0. The SMILES string of the molecule is CC(C)C(=O)NC1CCN(S(=O)(=O)N(C)c2ccc3c(c2)nc(C(F)(F)F)n3CC2CCOCC2)CC1. The van der Waals surface area contributed by atoms with Crippen molar-refractivity contribution in [2.24, 2.45) is 11.8 Å². The third kappa shape index (κ3) is 6.04. The van der Waals surface area contributed by atoms with Gasteiger partial charge in [0, 0.05) is 51.9 Å². The Labute approximate surface area is 215 Å². The zero-order valence-corrected chi connectivity index (χ0v) is 22.1. The van der Waals surface area contributed by atoms with Crippen molar-refractivity contribution in [1.29, 1.82) is 0 Å². The molecule has 0 radical (unpaired) electrons. The molecule has 206 valence electrons. The molecular weight excluding hydrogens is 511 g/mol. The summed E-state index contributed by atoms with van der Waals surface area (Å²) in [6.07, 6.45) is -2.33. The number of hydrogen-bond acceptors (Lipinski definition) is 5. The lowest BCUT2D eigenvalue weighted by atomic mass is 10.0. The number of hydrogen-bond donors (Lipinski definition) is 1. The molecule has 0 bridgehead atoms. The summed E-state index contributed by atoms with van der Waals surface area (Å²) in [6, 6.07) is 4.31. The van der Waals surface area contributed by atoms with Crippen LogP contribution in [0.4, 0.5) is 18.9 Å². The van der Waals surface area contributed by atoms with E-state index in [9.17, 15) is 26.4 Å². The zero-order chi connectivity index (χ0) is 27.0. The van der Waals surface area contributed by atoms with Crippen molar-refractivity contribution in [1.82, 2.24) is 19.2 Å². The van der Waals surface area contributed by atoms with Crippen molar-refractivity contribution in [3.8, 4) is 0 Å². The Bertz CT molecular complexity index is 1220. The van der Waals surface area contributed by atoms with Gasteiger partial charge in [-0.05, 0) is 49.8 Å². The Morgan fingerprint density at radius 2 is 1.84 bits per heavy atom. The number of benzene rings is 1. The summed E-state index contributed by atoms with van der Waals surface area (Å²) < 4.78 is 77.0. The van der Waals surface area contributed by atoms with Gasteiger partial charge < -0.3 is 14.6 Å². The number of anilines is 1. The van der Waals surface area contributed by atoms with E-state index in [0.717, 1.165) is 4.31 Å². The largest absolute Gasteiger partial charge is 0.449 e. The number of ether oxygens (including phenoxy) is 1. The van der Waals surface area contributed by atoms with Crippen LogP contribution in [-0.2, 0) is 32.5 Å². The highest BCUT2D eigenvalue weighted by Gasteiger charge is 2.38. The van der Waals surface area contributed by atoms with Crippen molar-refractivity contribution < 1.29 is 31.1 Å². The molecule has 1 aromatic heterocycles. The van der Waals surface area contributed by atoms with Crippen molar-refractivity contribution >= 4 is 32.8 Å². The zero-order valence-electron chi connectivity index (χ0n) is 21.3. The van der Waals surface area contributed by atoms with Gasteiger partial charge in [-0.25, -0.2) is 4.98 Å². The fraction of sp³-hybridized carbons (Fsp3) is 0.667. The van der Waals surface area contributed by atoms with Gasteiger partial charge in [-0.3, -0.25) is 9.10 Å². The maximum atomic E-state index is 13.8. The summed E-state index contributed by atoms with van der Waals surface area (Å²) in [5.74, 6) is -1.16. The molecule has 0 spiro atoms. The van der Waals surface area contributed by atoms with Crippen LogP contribution >= 0.6 is 0 Å². The highest BCUT2D eigenvalue weighted by atomic mass is 32.2. The van der Waals surface area contributed by atoms with Crippen LogP contribution in [0, 0.1) is 11.8 Å². The molecule has 37 heavy (non-hydrogen) atoms. The summed E-state index contributed by atoms with van der Waals surface area (Å²) >= 11 is 0. The number of nitrogens with one attached hydrogen (secondary N) is 1. The maximum Gasteiger partial charge on any atom is 0.449 e. The van der Waals surface area contributed by atoms with Gasteiger partial charge in [-0.15, -0.1) is 0 Å². The van der Waals surface area contributed by atoms with E-state index in [1.165, 1.54) is 34.1 Å². The minimum Gasteiger partial charge on any atom is -0.381 e. The number of nitrogens with zero attached hydrogens (tertiary/aromatic N) is 4. The normalized spacial score (nSPS) is 19.0. The lowest BCUT2D eigenvalue weighted by molar-refractivity contribution is -0.147. The third-order valence-electron chi connectivity index (χ3n) is 7.13. The number of halogens is 3. The van der Waals surface area contributed by atoms with Crippen molar-refractivity contribution in [2.75, 3.05) is 37.7 Å². The summed E-state index contributed by atoms with van der Waals surface area (Å²) in [6.45, 7) is 5.27. The van der Waals surface area contributed by atoms with Crippen LogP contribution in [0.3, 0.4) is 0 Å². The highest BCUT2D eigenvalue weighted by Crippen LogP contribution is 2.35. The summed E-state index contributed by atoms with van der Waals surface area (Å²) in [5.41, 5.74) is 0.635. The molecule has 2 fully saturated rings. The number of rotatable bonds is 7. The number of piperidine rings is 1. The first-order valence-corrected chi connectivity index (χ1v) is 14.0. The number of aromatic nitrogens is 2. The van der Waals surface area contributed by atoms with E-state index < -0.39 is 22.2 Å². The van der Waals surface area contributed by atoms with Crippen LogP contribution in [0.15, 0.2) is 18.2 Å². The Kier molecular flexibility index (Phi) is 8.05. The van der Waals surface area contributed by atoms with Crippen LogP contribution < -0.4 is 9.62 Å². The number of alkyl halides is 3. The van der Waals surface area contributed by atoms with Gasteiger partial charge in [0.2, 0.25) is 11.7 Å². The average Bonchev–Trinajstić information content (AvgIpc) is 3.22. The first kappa shape index (κ1) is 27.6. The van der Waals surface area contributed by atoms with Gasteiger partial charge in [0.05, 0.1) is 16.7 Å². The Hall–Kier alpha value is -2.38. The van der Waals surface area contributed by atoms with Crippen LogP contribution in [-0.4, -0.2) is 67.6 Å². The molecule has 2 aromatic rings. The van der Waals surface area contributed by atoms with Gasteiger partial charge >= 0.3 is 16.4 Å². The molecule has 2 aliphatic rings. The fourth-order valence-electron chi connectivity index (χ4n) is 4.81. The second kappa shape index (κ2) is 10.8. The first-order chi connectivity index (χ1) is 17.4. The molecule has 0 unspecified atom stereocenters. The molecule has 1 amide bonds. The topological polar surface area (TPSA) is 96.8 Å². The van der Waals surface area contributed by atoms with Crippen LogP contribution in [0.1, 0.15) is 45.4 Å². The number of amides is 1. The minimum absolute atomic E-state index is 0.0447. The lowest BCUT2D eigenvalue weighted by Crippen LogP contribution is -2.50. The molecule has 0 saturated carbocycles. The first-order valence-electron chi connectivity index (χ1n) is 12.6. The van der Waals surface area contributed by atoms with Crippen molar-refractivity contribution in [3.05, 3.63) is 24.0 Å². The van der Waals surface area contributed by atoms with Crippen molar-refractivity contribution in [2.45, 2.75) is 58.3 Å².